The molecule has 1 aliphatic rings. The van der Waals surface area contributed by atoms with E-state index in [-0.39, 0.29) is 11.9 Å². The lowest BCUT2D eigenvalue weighted by atomic mass is 10.1. The molecule has 1 amide bonds. The molecule has 1 aromatic rings. The van der Waals surface area contributed by atoms with E-state index in [0.717, 1.165) is 35.0 Å². The molecule has 0 saturated carbocycles. The van der Waals surface area contributed by atoms with Gasteiger partial charge in [0.05, 0.1) is 0 Å². The summed E-state index contributed by atoms with van der Waals surface area (Å²) in [6.45, 7) is 2.84. The standard InChI is InChI=1S/C15H19BrClNO/c1-11-6-7-12(9-14(11)16)15(19)18-8-4-2-3-5-13(18)10-17/h6-7,9,13H,2-5,8,10H2,1H3. The SMILES string of the molecule is Cc1ccc(C(=O)N2CCCCCC2CCl)cc1Br. The molecule has 1 heterocycles. The fraction of sp³-hybridized carbons (Fsp3) is 0.533. The molecule has 1 saturated heterocycles. The Balaban J connectivity index is 2.22. The summed E-state index contributed by atoms with van der Waals surface area (Å²) in [4.78, 5) is 14.6. The van der Waals surface area contributed by atoms with Crippen LogP contribution in [0.15, 0.2) is 22.7 Å². The van der Waals surface area contributed by atoms with Gasteiger partial charge in [0.25, 0.3) is 5.91 Å². The molecule has 2 rings (SSSR count). The van der Waals surface area contributed by atoms with Crippen LogP contribution in [-0.2, 0) is 0 Å². The minimum absolute atomic E-state index is 0.105. The Kier molecular flexibility index (Phi) is 5.28. The van der Waals surface area contributed by atoms with Gasteiger partial charge in [-0.05, 0) is 37.5 Å². The van der Waals surface area contributed by atoms with E-state index in [2.05, 4.69) is 15.9 Å². The Morgan fingerprint density at radius 2 is 2.21 bits per heavy atom. The highest BCUT2D eigenvalue weighted by Gasteiger charge is 2.25. The predicted molar refractivity (Wildman–Crippen MR) is 82.9 cm³/mol. The highest BCUT2D eigenvalue weighted by atomic mass is 79.9. The average Bonchev–Trinajstić information content (AvgIpc) is 2.66. The van der Waals surface area contributed by atoms with Crippen LogP contribution in [0.5, 0.6) is 0 Å². The molecule has 1 unspecified atom stereocenters. The summed E-state index contributed by atoms with van der Waals surface area (Å²) < 4.78 is 0.982. The summed E-state index contributed by atoms with van der Waals surface area (Å²) in [7, 11) is 0. The van der Waals surface area contributed by atoms with Gasteiger partial charge in [-0.25, -0.2) is 0 Å². The second kappa shape index (κ2) is 6.76. The summed E-state index contributed by atoms with van der Waals surface area (Å²) in [5.41, 5.74) is 1.89. The van der Waals surface area contributed by atoms with Crippen LogP contribution in [0.2, 0.25) is 0 Å². The number of rotatable bonds is 2. The Hall–Kier alpha value is -0.540. The second-order valence-electron chi connectivity index (χ2n) is 5.12. The van der Waals surface area contributed by atoms with E-state index in [0.29, 0.717) is 5.88 Å². The van der Waals surface area contributed by atoms with Crippen LogP contribution in [0.25, 0.3) is 0 Å². The Bertz CT molecular complexity index is 463. The van der Waals surface area contributed by atoms with E-state index in [9.17, 15) is 4.79 Å². The van der Waals surface area contributed by atoms with Crippen LogP contribution in [-0.4, -0.2) is 29.3 Å². The van der Waals surface area contributed by atoms with Gasteiger partial charge >= 0.3 is 0 Å². The van der Waals surface area contributed by atoms with Crippen LogP contribution >= 0.6 is 27.5 Å². The first kappa shape index (κ1) is 14.9. The van der Waals surface area contributed by atoms with Crippen molar-refractivity contribution in [3.63, 3.8) is 0 Å². The van der Waals surface area contributed by atoms with Crippen molar-refractivity contribution in [1.82, 2.24) is 4.90 Å². The number of likely N-dealkylation sites (tertiary alicyclic amines) is 1. The first-order valence-electron chi connectivity index (χ1n) is 6.76. The lowest BCUT2D eigenvalue weighted by Gasteiger charge is -2.28. The number of benzene rings is 1. The maximum Gasteiger partial charge on any atom is 0.254 e. The van der Waals surface area contributed by atoms with Gasteiger partial charge in [0.2, 0.25) is 0 Å². The highest BCUT2D eigenvalue weighted by molar-refractivity contribution is 9.10. The third-order valence-electron chi connectivity index (χ3n) is 3.73. The summed E-state index contributed by atoms with van der Waals surface area (Å²) in [5.74, 6) is 0.631. The van der Waals surface area contributed by atoms with Crippen molar-refractivity contribution in [2.45, 2.75) is 38.6 Å². The lowest BCUT2D eigenvalue weighted by Crippen LogP contribution is -2.41. The van der Waals surface area contributed by atoms with Gasteiger partial charge in [0.15, 0.2) is 0 Å². The summed E-state index contributed by atoms with van der Waals surface area (Å²) in [5, 5.41) is 0. The molecule has 1 aromatic carbocycles. The Labute approximate surface area is 128 Å². The maximum absolute atomic E-state index is 12.6. The average molecular weight is 345 g/mol. The molecular formula is C15H19BrClNO. The van der Waals surface area contributed by atoms with E-state index in [1.807, 2.05) is 30.0 Å². The fourth-order valence-corrected chi connectivity index (χ4v) is 3.20. The van der Waals surface area contributed by atoms with Crippen LogP contribution in [0.1, 0.15) is 41.6 Å². The quantitative estimate of drug-likeness (QED) is 0.729. The van der Waals surface area contributed by atoms with Crippen molar-refractivity contribution in [2.75, 3.05) is 12.4 Å². The van der Waals surface area contributed by atoms with E-state index < -0.39 is 0 Å². The molecule has 1 atom stereocenters. The number of hydrogen-bond acceptors (Lipinski definition) is 1. The fourth-order valence-electron chi connectivity index (χ4n) is 2.50. The zero-order valence-corrected chi connectivity index (χ0v) is 13.5. The second-order valence-corrected chi connectivity index (χ2v) is 6.28. The molecule has 104 valence electrons. The molecule has 19 heavy (non-hydrogen) atoms. The van der Waals surface area contributed by atoms with E-state index in [4.69, 9.17) is 11.6 Å². The highest BCUT2D eigenvalue weighted by Crippen LogP contribution is 2.23. The molecule has 2 nitrogen and oxygen atoms in total. The number of hydrogen-bond donors (Lipinski definition) is 0. The zero-order chi connectivity index (χ0) is 13.8. The van der Waals surface area contributed by atoms with Gasteiger partial charge < -0.3 is 4.90 Å². The smallest absolute Gasteiger partial charge is 0.254 e. The summed E-state index contributed by atoms with van der Waals surface area (Å²) >= 11 is 9.52. The lowest BCUT2D eigenvalue weighted by molar-refractivity contribution is 0.0700. The zero-order valence-electron chi connectivity index (χ0n) is 11.2. The molecule has 0 aromatic heterocycles. The van der Waals surface area contributed by atoms with Crippen molar-refractivity contribution in [3.8, 4) is 0 Å². The summed E-state index contributed by atoms with van der Waals surface area (Å²) in [6.07, 6.45) is 4.45. The number of alkyl halides is 1. The largest absolute Gasteiger partial charge is 0.334 e. The molecule has 1 aliphatic heterocycles. The Morgan fingerprint density at radius 3 is 2.89 bits per heavy atom. The summed E-state index contributed by atoms with van der Waals surface area (Å²) in [6, 6.07) is 5.97. The van der Waals surface area contributed by atoms with Crippen molar-refractivity contribution in [1.29, 1.82) is 0 Å². The third-order valence-corrected chi connectivity index (χ3v) is 4.95. The number of nitrogens with zero attached hydrogens (tertiary/aromatic N) is 1. The van der Waals surface area contributed by atoms with Crippen LogP contribution in [0, 0.1) is 6.92 Å². The molecule has 0 radical (unpaired) electrons. The third kappa shape index (κ3) is 3.51. The van der Waals surface area contributed by atoms with Gasteiger partial charge in [-0.2, -0.15) is 0 Å². The van der Waals surface area contributed by atoms with Crippen molar-refractivity contribution in [3.05, 3.63) is 33.8 Å². The van der Waals surface area contributed by atoms with Gasteiger partial charge in [-0.1, -0.05) is 34.8 Å². The van der Waals surface area contributed by atoms with Crippen LogP contribution in [0.3, 0.4) is 0 Å². The topological polar surface area (TPSA) is 20.3 Å². The molecule has 0 N–H and O–H groups in total. The molecule has 0 bridgehead atoms. The normalized spacial score (nSPS) is 20.2. The van der Waals surface area contributed by atoms with Crippen molar-refractivity contribution >= 4 is 33.4 Å². The maximum atomic E-state index is 12.6. The number of halogens is 2. The van der Waals surface area contributed by atoms with Crippen molar-refractivity contribution < 1.29 is 4.79 Å². The first-order valence-corrected chi connectivity index (χ1v) is 8.09. The first-order chi connectivity index (χ1) is 9.13. The monoisotopic (exact) mass is 343 g/mol. The Morgan fingerprint density at radius 1 is 1.42 bits per heavy atom. The van der Waals surface area contributed by atoms with Gasteiger partial charge in [0.1, 0.15) is 0 Å². The molecule has 0 spiro atoms. The van der Waals surface area contributed by atoms with E-state index >= 15 is 0 Å². The number of amides is 1. The molecular weight excluding hydrogens is 326 g/mol. The van der Waals surface area contributed by atoms with Crippen LogP contribution in [0.4, 0.5) is 0 Å². The van der Waals surface area contributed by atoms with Gasteiger partial charge in [-0.3, -0.25) is 4.79 Å². The van der Waals surface area contributed by atoms with E-state index in [1.165, 1.54) is 12.8 Å². The number of carbonyl (C=O) groups excluding carboxylic acids is 1. The van der Waals surface area contributed by atoms with Crippen LogP contribution < -0.4 is 0 Å². The molecule has 4 heteroatoms. The number of carbonyl (C=O) groups is 1. The molecule has 0 aliphatic carbocycles. The number of aryl methyl sites for hydroxylation is 1. The minimum atomic E-state index is 0.105. The van der Waals surface area contributed by atoms with E-state index in [1.54, 1.807) is 0 Å². The minimum Gasteiger partial charge on any atom is -0.334 e. The van der Waals surface area contributed by atoms with Gasteiger partial charge in [0, 0.05) is 28.5 Å². The van der Waals surface area contributed by atoms with Crippen molar-refractivity contribution in [2.24, 2.45) is 0 Å². The van der Waals surface area contributed by atoms with Gasteiger partial charge in [-0.15, -0.1) is 11.6 Å². The molecule has 1 fully saturated rings. The predicted octanol–water partition coefficient (Wildman–Crippen LogP) is 4.38.